The quantitative estimate of drug-likeness (QED) is 0.413. The van der Waals surface area contributed by atoms with E-state index in [9.17, 15) is 4.79 Å². The number of imidazole rings is 1. The Bertz CT molecular complexity index is 1530. The summed E-state index contributed by atoms with van der Waals surface area (Å²) in [6.07, 6.45) is 5.74. The van der Waals surface area contributed by atoms with Gasteiger partial charge in [-0.2, -0.15) is 4.98 Å². The van der Waals surface area contributed by atoms with Crippen molar-refractivity contribution in [2.75, 3.05) is 32.3 Å². The molecule has 38 heavy (non-hydrogen) atoms. The van der Waals surface area contributed by atoms with Crippen LogP contribution in [0, 0.1) is 5.92 Å². The van der Waals surface area contributed by atoms with E-state index in [2.05, 4.69) is 10.3 Å². The number of ether oxygens (including phenoxy) is 3. The summed E-state index contributed by atoms with van der Waals surface area (Å²) in [7, 11) is 1.64. The second-order valence-corrected chi connectivity index (χ2v) is 9.97. The molecule has 3 aliphatic rings. The lowest BCUT2D eigenvalue weighted by molar-refractivity contribution is -0.133. The number of hydrogen-bond acceptors (Lipinski definition) is 8. The fourth-order valence-corrected chi connectivity index (χ4v) is 5.26. The molecule has 2 fully saturated rings. The highest BCUT2D eigenvalue weighted by molar-refractivity contribution is 5.84. The Labute approximate surface area is 219 Å². The van der Waals surface area contributed by atoms with Crippen molar-refractivity contribution in [3.05, 3.63) is 48.7 Å². The van der Waals surface area contributed by atoms with Crippen LogP contribution < -0.4 is 19.5 Å². The fraction of sp³-hybridized carbons (Fsp3) is 0.357. The molecule has 1 saturated carbocycles. The number of hydrogen-bond donors (Lipinski definition) is 1. The third-order valence-corrected chi connectivity index (χ3v) is 7.36. The number of amides is 1. The van der Waals surface area contributed by atoms with Gasteiger partial charge in [0.25, 0.3) is 0 Å². The molecule has 10 heteroatoms. The van der Waals surface area contributed by atoms with Gasteiger partial charge in [0.2, 0.25) is 18.6 Å². The van der Waals surface area contributed by atoms with E-state index in [1.807, 2.05) is 51.9 Å². The van der Waals surface area contributed by atoms with Gasteiger partial charge in [0, 0.05) is 42.9 Å². The molecule has 2 aromatic carbocycles. The molecule has 4 aromatic rings. The minimum Gasteiger partial charge on any atom is -0.497 e. The molecule has 0 radical (unpaired) electrons. The lowest BCUT2D eigenvalue weighted by atomic mass is 10.1. The van der Waals surface area contributed by atoms with Gasteiger partial charge in [-0.05, 0) is 62.1 Å². The summed E-state index contributed by atoms with van der Waals surface area (Å²) in [4.78, 5) is 29.0. The maximum Gasteiger partial charge on any atom is 0.231 e. The summed E-state index contributed by atoms with van der Waals surface area (Å²) in [6.45, 7) is 1.72. The number of methoxy groups -OCH3 is 1. The lowest BCUT2D eigenvalue weighted by Gasteiger charge is -2.33. The Hall–Kier alpha value is -4.34. The van der Waals surface area contributed by atoms with Crippen molar-refractivity contribution >= 4 is 22.9 Å². The molecule has 1 atom stereocenters. The minimum absolute atomic E-state index is 0.110. The number of rotatable bonds is 6. The van der Waals surface area contributed by atoms with Crippen molar-refractivity contribution in [3.8, 4) is 34.5 Å². The number of carbonyl (C=O) groups excluding carboxylic acids is 1. The highest BCUT2D eigenvalue weighted by Crippen LogP contribution is 2.38. The first-order chi connectivity index (χ1) is 18.7. The summed E-state index contributed by atoms with van der Waals surface area (Å²) in [5.41, 5.74) is 2.55. The van der Waals surface area contributed by atoms with Crippen molar-refractivity contribution in [1.29, 1.82) is 0 Å². The van der Waals surface area contributed by atoms with Crippen LogP contribution in [-0.2, 0) is 4.79 Å². The average molecular weight is 513 g/mol. The van der Waals surface area contributed by atoms with Gasteiger partial charge in [-0.3, -0.25) is 9.36 Å². The topological polar surface area (TPSA) is 104 Å². The molecule has 2 aromatic heterocycles. The Morgan fingerprint density at radius 1 is 1.05 bits per heavy atom. The largest absolute Gasteiger partial charge is 0.497 e. The zero-order valence-electron chi connectivity index (χ0n) is 21.1. The Morgan fingerprint density at radius 3 is 2.82 bits per heavy atom. The molecule has 1 aliphatic carbocycles. The van der Waals surface area contributed by atoms with Crippen LogP contribution in [0.15, 0.2) is 48.7 Å². The van der Waals surface area contributed by atoms with Crippen LogP contribution in [0.1, 0.15) is 25.7 Å². The number of nitrogens with one attached hydrogen (secondary N) is 1. The Balaban J connectivity index is 1.24. The summed E-state index contributed by atoms with van der Waals surface area (Å²) < 4.78 is 18.6. The van der Waals surface area contributed by atoms with Gasteiger partial charge in [0.15, 0.2) is 11.5 Å². The molecule has 4 heterocycles. The van der Waals surface area contributed by atoms with E-state index in [0.29, 0.717) is 35.7 Å². The molecule has 1 saturated heterocycles. The highest BCUT2D eigenvalue weighted by Gasteiger charge is 2.35. The normalized spacial score (nSPS) is 18.6. The summed E-state index contributed by atoms with van der Waals surface area (Å²) in [6, 6.07) is 13.6. The van der Waals surface area contributed by atoms with Crippen LogP contribution in [0.3, 0.4) is 0 Å². The van der Waals surface area contributed by atoms with Crippen LogP contribution >= 0.6 is 0 Å². The number of anilines is 1. The van der Waals surface area contributed by atoms with Crippen molar-refractivity contribution in [2.45, 2.75) is 31.7 Å². The average Bonchev–Trinajstić information content (AvgIpc) is 3.57. The maximum atomic E-state index is 12.6. The molecule has 1 N–H and O–H groups in total. The van der Waals surface area contributed by atoms with E-state index in [-0.39, 0.29) is 18.8 Å². The van der Waals surface area contributed by atoms with E-state index >= 15 is 0 Å². The first-order valence-electron chi connectivity index (χ1n) is 13.0. The summed E-state index contributed by atoms with van der Waals surface area (Å²) >= 11 is 0. The van der Waals surface area contributed by atoms with Gasteiger partial charge in [-0.15, -0.1) is 0 Å². The van der Waals surface area contributed by atoms with Crippen molar-refractivity contribution in [2.24, 2.45) is 5.92 Å². The molecule has 10 nitrogen and oxygen atoms in total. The molecule has 194 valence electrons. The standard InChI is InChI=1S/C28H28N6O4/c1-36-20-7-8-22-21(14-20)31-26(18-6-9-23-24(13-18)38-16-37-23)34(22)25-10-11-29-28(32-25)30-19-3-2-12-33(15-19)27(35)17-4-5-17/h6-11,13-14,17,19H,2-5,12,15-16H2,1H3,(H,29,30,32). The van der Waals surface area contributed by atoms with Crippen molar-refractivity contribution in [1.82, 2.24) is 24.4 Å². The third kappa shape index (κ3) is 4.15. The Kier molecular flexibility index (Phi) is 5.52. The van der Waals surface area contributed by atoms with Crippen LogP contribution in [0.2, 0.25) is 0 Å². The third-order valence-electron chi connectivity index (χ3n) is 7.36. The van der Waals surface area contributed by atoms with Gasteiger partial charge in [-0.25, -0.2) is 9.97 Å². The number of nitrogens with zero attached hydrogens (tertiary/aromatic N) is 5. The molecule has 1 unspecified atom stereocenters. The van der Waals surface area contributed by atoms with Crippen molar-refractivity contribution in [3.63, 3.8) is 0 Å². The maximum absolute atomic E-state index is 12.6. The van der Waals surface area contributed by atoms with E-state index in [1.54, 1.807) is 13.3 Å². The van der Waals surface area contributed by atoms with Crippen LogP contribution in [0.5, 0.6) is 17.2 Å². The van der Waals surface area contributed by atoms with Crippen molar-refractivity contribution < 1.29 is 19.0 Å². The summed E-state index contributed by atoms with van der Waals surface area (Å²) in [5, 5.41) is 3.48. The van der Waals surface area contributed by atoms with E-state index in [0.717, 1.165) is 60.4 Å². The monoisotopic (exact) mass is 512 g/mol. The summed E-state index contributed by atoms with van der Waals surface area (Å²) in [5.74, 6) is 4.59. The van der Waals surface area contributed by atoms with E-state index < -0.39 is 0 Å². The number of likely N-dealkylation sites (tertiary alicyclic amines) is 1. The smallest absolute Gasteiger partial charge is 0.231 e. The van der Waals surface area contributed by atoms with Gasteiger partial charge < -0.3 is 24.4 Å². The predicted molar refractivity (Wildman–Crippen MR) is 141 cm³/mol. The molecule has 0 spiro atoms. The first-order valence-corrected chi connectivity index (χ1v) is 13.0. The lowest BCUT2D eigenvalue weighted by Crippen LogP contribution is -2.45. The molecule has 2 aliphatic heterocycles. The number of benzene rings is 2. The van der Waals surface area contributed by atoms with Gasteiger partial charge in [0.1, 0.15) is 17.4 Å². The van der Waals surface area contributed by atoms with E-state index in [4.69, 9.17) is 24.2 Å². The molecule has 7 rings (SSSR count). The van der Waals surface area contributed by atoms with Crippen LogP contribution in [0.25, 0.3) is 28.2 Å². The SMILES string of the molecule is COc1ccc2c(c1)nc(-c1ccc3c(c1)OCO3)n2-c1ccnc(NC2CCCN(C(=O)C3CC3)C2)n1. The number of carbonyl (C=O) groups is 1. The molecule has 1 amide bonds. The Morgan fingerprint density at radius 2 is 1.95 bits per heavy atom. The second-order valence-electron chi connectivity index (χ2n) is 9.97. The predicted octanol–water partition coefficient (Wildman–Crippen LogP) is 4.03. The molecular weight excluding hydrogens is 484 g/mol. The highest BCUT2D eigenvalue weighted by atomic mass is 16.7. The number of aromatic nitrogens is 4. The fourth-order valence-electron chi connectivity index (χ4n) is 5.26. The second kappa shape index (κ2) is 9.20. The first kappa shape index (κ1) is 22.8. The van der Waals surface area contributed by atoms with Crippen LogP contribution in [-0.4, -0.2) is 63.4 Å². The van der Waals surface area contributed by atoms with E-state index in [1.165, 1.54) is 0 Å². The molecule has 0 bridgehead atoms. The van der Waals surface area contributed by atoms with Gasteiger partial charge >= 0.3 is 0 Å². The zero-order chi connectivity index (χ0) is 25.6. The van der Waals surface area contributed by atoms with Crippen LogP contribution in [0.4, 0.5) is 5.95 Å². The molecular formula is C28H28N6O4. The van der Waals surface area contributed by atoms with Gasteiger partial charge in [-0.1, -0.05) is 0 Å². The number of piperidine rings is 1. The zero-order valence-corrected chi connectivity index (χ0v) is 21.1. The number of fused-ring (bicyclic) bond motifs is 2. The van der Waals surface area contributed by atoms with Gasteiger partial charge in [0.05, 0.1) is 18.1 Å². The minimum atomic E-state index is 0.110.